The number of halogens is 1. The first-order valence-electron chi connectivity index (χ1n) is 45.3. The molecule has 0 radical (unpaired) electrons. The molecular formula is C107H133BrN22O11. The number of benzene rings is 8. The Balaban J connectivity index is 0.000000178. The van der Waals surface area contributed by atoms with Crippen LogP contribution in [0.5, 0.6) is 46.0 Å². The van der Waals surface area contributed by atoms with Gasteiger partial charge in [-0.3, -0.25) is 43.9 Å². The molecule has 34 heteroatoms. The lowest BCUT2D eigenvalue weighted by molar-refractivity contribution is -0.129. The van der Waals surface area contributed by atoms with Gasteiger partial charge in [0.05, 0.1) is 193 Å². The summed E-state index contributed by atoms with van der Waals surface area (Å²) in [6.07, 6.45) is 30.2. The molecule has 16 aromatic rings. The molecule has 0 bridgehead atoms. The Morgan fingerprint density at radius 3 is 1.13 bits per heavy atom. The number of amides is 1. The average Bonchev–Trinajstić information content (AvgIpc) is 1.15. The molecule has 1 amide bonds. The van der Waals surface area contributed by atoms with E-state index in [9.17, 15) is 9.90 Å². The number of carbonyl (C=O) groups is 1. The van der Waals surface area contributed by atoms with Crippen LogP contribution in [0, 0.1) is 11.8 Å². The predicted octanol–water partition coefficient (Wildman–Crippen LogP) is 20.4. The number of hydrogen-bond acceptors (Lipinski definition) is 28. The maximum atomic E-state index is 12.6. The van der Waals surface area contributed by atoms with Crippen LogP contribution in [-0.2, 0) is 23.9 Å². The van der Waals surface area contributed by atoms with Gasteiger partial charge in [0.15, 0.2) is 0 Å². The van der Waals surface area contributed by atoms with E-state index in [1.165, 1.54) is 51.6 Å². The number of H-pyrrole nitrogens is 1. The zero-order chi connectivity index (χ0) is 94.8. The highest BCUT2D eigenvalue weighted by Gasteiger charge is 2.33. The Labute approximate surface area is 834 Å². The second-order valence-corrected chi connectivity index (χ2v) is 34.6. The van der Waals surface area contributed by atoms with Gasteiger partial charge in [-0.1, -0.05) is 53.1 Å². The van der Waals surface area contributed by atoms with Gasteiger partial charge in [0.1, 0.15) is 51.5 Å². The van der Waals surface area contributed by atoms with Crippen LogP contribution in [0.1, 0.15) is 95.9 Å². The summed E-state index contributed by atoms with van der Waals surface area (Å²) in [7, 11) is 15.1. The normalized spacial score (nSPS) is 12.5. The van der Waals surface area contributed by atoms with Gasteiger partial charge in [-0.05, 0) is 163 Å². The maximum absolute atomic E-state index is 12.6. The van der Waals surface area contributed by atoms with Crippen molar-refractivity contribution in [2.45, 2.75) is 108 Å². The van der Waals surface area contributed by atoms with Crippen molar-refractivity contribution in [3.05, 3.63) is 220 Å². The number of likely N-dealkylation sites (tertiary alicyclic amines) is 1. The van der Waals surface area contributed by atoms with Gasteiger partial charge < -0.3 is 77.9 Å². The highest BCUT2D eigenvalue weighted by atomic mass is 79.9. The number of aromatic amines is 1. The van der Waals surface area contributed by atoms with Crippen LogP contribution in [0.4, 0.5) is 45.5 Å². The highest BCUT2D eigenvalue weighted by Crippen LogP contribution is 2.44. The number of aliphatic hydroxyl groups is 2. The predicted molar refractivity (Wildman–Crippen MR) is 566 cm³/mol. The van der Waals surface area contributed by atoms with Crippen LogP contribution in [-0.4, -0.2) is 228 Å². The van der Waals surface area contributed by atoms with Crippen molar-refractivity contribution in [3.8, 4) is 91.0 Å². The first-order valence-corrected chi connectivity index (χ1v) is 46.4. The lowest BCUT2D eigenvalue weighted by Crippen LogP contribution is -2.45. The third-order valence-corrected chi connectivity index (χ3v) is 24.4. The van der Waals surface area contributed by atoms with Crippen LogP contribution >= 0.6 is 15.9 Å². The molecule has 744 valence electrons. The van der Waals surface area contributed by atoms with Gasteiger partial charge >= 0.3 is 0 Å². The van der Waals surface area contributed by atoms with Crippen molar-refractivity contribution in [2.24, 2.45) is 18.9 Å². The van der Waals surface area contributed by atoms with Crippen molar-refractivity contribution in [1.82, 2.24) is 89.6 Å². The number of nitrogens with zero attached hydrogens (tertiary/aromatic N) is 20. The lowest BCUT2D eigenvalue weighted by atomic mass is 10.1. The highest BCUT2D eigenvalue weighted by molar-refractivity contribution is 9.09. The molecule has 0 unspecified atom stereocenters. The van der Waals surface area contributed by atoms with Crippen molar-refractivity contribution in [3.63, 3.8) is 0 Å². The molecule has 1 aliphatic heterocycles. The Hall–Kier alpha value is -14.6. The van der Waals surface area contributed by atoms with Crippen molar-refractivity contribution < 1.29 is 52.9 Å². The molecule has 8 aromatic heterocycles. The summed E-state index contributed by atoms with van der Waals surface area (Å²) in [6, 6.07) is 48.0. The number of fused-ring (bicyclic) bond motifs is 4. The van der Waals surface area contributed by atoms with E-state index < -0.39 is 5.54 Å². The Morgan fingerprint density at radius 1 is 0.418 bits per heavy atom. The molecular weight excluding hydrogens is 1850 g/mol. The van der Waals surface area contributed by atoms with Gasteiger partial charge in [0.2, 0.25) is 5.91 Å². The van der Waals surface area contributed by atoms with E-state index in [0.717, 1.165) is 208 Å². The first-order chi connectivity index (χ1) is 66.3. The zero-order valence-electron chi connectivity index (χ0n) is 78.3. The van der Waals surface area contributed by atoms with Gasteiger partial charge in [-0.25, -0.2) is 19.9 Å². The average molecular weight is 1980 g/mol. The smallest absolute Gasteiger partial charge is 0.247 e. The van der Waals surface area contributed by atoms with Crippen LogP contribution < -0.4 is 62.8 Å². The number of anilines is 8. The largest absolute Gasteiger partial charge is 0.497 e. The number of methoxy groups -OCH3 is 8. The molecule has 1 saturated heterocycles. The molecule has 9 heterocycles. The van der Waals surface area contributed by atoms with Gasteiger partial charge in [0.25, 0.3) is 0 Å². The molecule has 141 heavy (non-hydrogen) atoms. The fourth-order valence-corrected chi connectivity index (χ4v) is 16.5. The van der Waals surface area contributed by atoms with Crippen molar-refractivity contribution in [2.75, 3.05) is 147 Å². The van der Waals surface area contributed by atoms with E-state index in [2.05, 4.69) is 147 Å². The quantitative estimate of drug-likeness (QED) is 0.0265. The molecule has 4 N–H and O–H groups in total. The van der Waals surface area contributed by atoms with Gasteiger partial charge in [-0.15, -0.1) is 0 Å². The fraction of sp³-hybridized carbons (Fsp3) is 0.355. The summed E-state index contributed by atoms with van der Waals surface area (Å²) in [5.41, 5.74) is 20.1. The van der Waals surface area contributed by atoms with E-state index in [-0.39, 0.29) is 62.8 Å². The van der Waals surface area contributed by atoms with Crippen LogP contribution in [0.25, 0.3) is 89.2 Å². The number of aliphatic hydroxyl groups excluding tert-OH is 2. The first kappa shape index (κ1) is 107. The zero-order valence-corrected chi connectivity index (χ0v) is 79.9. The van der Waals surface area contributed by atoms with Crippen molar-refractivity contribution >= 4 is 111 Å². The molecule has 2 aliphatic carbocycles. The Bertz CT molecular complexity index is 6680. The minimum Gasteiger partial charge on any atom is -0.497 e. The summed E-state index contributed by atoms with van der Waals surface area (Å²) in [6.45, 7) is 11.0. The van der Waals surface area contributed by atoms with E-state index >= 15 is 0 Å². The third-order valence-electron chi connectivity index (χ3n) is 24.0. The van der Waals surface area contributed by atoms with Crippen LogP contribution in [0.3, 0.4) is 0 Å². The number of nitrogens with one attached hydrogen (secondary N) is 2. The molecule has 33 nitrogen and oxygen atoms in total. The monoisotopic (exact) mass is 1980 g/mol. The van der Waals surface area contributed by atoms with E-state index in [1.807, 2.05) is 133 Å². The van der Waals surface area contributed by atoms with Crippen LogP contribution in [0.15, 0.2) is 220 Å². The van der Waals surface area contributed by atoms with Crippen LogP contribution in [0.2, 0.25) is 0 Å². The summed E-state index contributed by atoms with van der Waals surface area (Å²) in [4.78, 5) is 61.9. The van der Waals surface area contributed by atoms with E-state index in [0.29, 0.717) is 35.6 Å². The summed E-state index contributed by atoms with van der Waals surface area (Å²) in [5.74, 6) is 6.99. The molecule has 2 saturated carbocycles. The summed E-state index contributed by atoms with van der Waals surface area (Å²) >= 11 is 3.45. The molecule has 8 aromatic carbocycles. The number of aryl methyl sites for hydroxylation is 2. The Kier molecular flexibility index (Phi) is 37.7. The standard InChI is InChI=1S/C29H34N6O4.C27H32N6O2.C25H26BrN5O2.C21H21N5O3.5CH4/c1-29(2,28(37)30-9-10-36)35-18-20(15-32-35)27-16-31-25-8-7-21(13-26(25)33-27)34(17-19-5-6-19)22-11-23(38-3)14-24(12-22)39-4;1-31-19-20(17-29-31)27-18-28-25-8-7-21(15-26(25)30-27)33(12-6-11-32-9-4-5-10-32)22-13-23(34-2)16-24(14-22)35-3;1-32-21-9-20(10-22(12-21)33-2)31(15-17-3-4-17)19-5-6-23-24(11-19)29-25(14-27-23)18-13-28-30(16-18)8-7-26;1-28-17-7-16(8-18(10-17)29-2)26(5-6-27)15-3-4-19-20(9-15)25-21(13-22-19)14-11-23-24-12-14;;;;;/h7-8,11-16,18-19,36H,5-6,9-10,17H2,1-4H3,(H,30,37);7-8,13-19H,4-6,9-12H2,1-3H3;5-6,9-14,16-17H,3-4,7-8,15H2,1-2H3;3-4,7-13,27H,5-6H2,1-2H3,(H,23,24);5*1H4. The topological polar surface area (TPSA) is 345 Å². The second-order valence-electron chi connectivity index (χ2n) is 33.8. The molecule has 0 atom stereocenters. The van der Waals surface area contributed by atoms with Gasteiger partial charge in [-0.2, -0.15) is 20.4 Å². The number of rotatable bonds is 36. The summed E-state index contributed by atoms with van der Waals surface area (Å²) < 4.78 is 49.3. The number of alkyl halides is 1. The number of aromatic nitrogens is 16. The lowest BCUT2D eigenvalue weighted by Gasteiger charge is -2.27. The molecule has 19 rings (SSSR count). The third kappa shape index (κ3) is 26.5. The number of ether oxygens (including phenoxy) is 8. The van der Waals surface area contributed by atoms with E-state index in [1.54, 1.807) is 123 Å². The fourth-order valence-electron chi connectivity index (χ4n) is 16.1. The Morgan fingerprint density at radius 2 is 0.780 bits per heavy atom. The minimum absolute atomic E-state index is 0. The van der Waals surface area contributed by atoms with Gasteiger partial charge in [0, 0.05) is 210 Å². The summed E-state index contributed by atoms with van der Waals surface area (Å²) in [5, 5.41) is 42.1. The van der Waals surface area contributed by atoms with E-state index in [4.69, 9.17) is 62.9 Å². The van der Waals surface area contributed by atoms with Crippen molar-refractivity contribution in [1.29, 1.82) is 0 Å². The molecule has 3 fully saturated rings. The molecule has 3 aliphatic rings. The number of carbonyl (C=O) groups excluding carboxylic acids is 1. The SMILES string of the molecule is C.C.C.C.C.COc1cc(OC)cc(N(CC2CC2)c2ccc3ncc(-c4cnn(C(C)(C)C(=O)NCCO)c4)nc3c2)c1.COc1cc(OC)cc(N(CC2CC2)c2ccc3ncc(-c4cnn(CCBr)c4)nc3c2)c1.COc1cc(OC)cc(N(CCCN2CCCC2)c2ccc3ncc(-c4cnn(C)c4)nc3c2)c1.COc1cc(OC)cc(N(CCO)c2ccc3ncc(-c4cn[nH]c4)nc3c2)c1. The number of hydrogen-bond donors (Lipinski definition) is 4. The second kappa shape index (κ2) is 49.8. The maximum Gasteiger partial charge on any atom is 0.247 e. The molecule has 0 spiro atoms. The minimum atomic E-state index is -0.939.